The van der Waals surface area contributed by atoms with Gasteiger partial charge in [0.2, 0.25) is 5.91 Å². The Bertz CT molecular complexity index is 1230. The molecule has 3 heterocycles. The number of piperazine rings is 1. The number of nitriles is 1. The number of fused-ring (bicyclic) bond motifs is 2. The lowest BCUT2D eigenvalue weighted by atomic mass is 10.1. The van der Waals surface area contributed by atoms with Gasteiger partial charge < -0.3 is 14.2 Å². The minimum absolute atomic E-state index is 0.0539. The first-order chi connectivity index (χ1) is 16.2. The predicted molar refractivity (Wildman–Crippen MR) is 129 cm³/mol. The molecule has 2 aliphatic rings. The fourth-order valence-electron chi connectivity index (χ4n) is 4.75. The van der Waals surface area contributed by atoms with E-state index in [9.17, 15) is 4.79 Å². The summed E-state index contributed by atoms with van der Waals surface area (Å²) in [6, 6.07) is 16.8. The molecule has 0 N–H and O–H groups in total. The van der Waals surface area contributed by atoms with Gasteiger partial charge in [0, 0.05) is 74.4 Å². The Morgan fingerprint density at radius 3 is 2.82 bits per heavy atom. The summed E-state index contributed by atoms with van der Waals surface area (Å²) in [5, 5.41) is 10.0. The van der Waals surface area contributed by atoms with Crippen molar-refractivity contribution in [2.24, 2.45) is 0 Å². The van der Waals surface area contributed by atoms with Crippen LogP contribution in [0.2, 0.25) is 0 Å². The highest BCUT2D eigenvalue weighted by Crippen LogP contribution is 2.26. The van der Waals surface area contributed by atoms with E-state index >= 15 is 0 Å². The number of rotatable bonds is 6. The van der Waals surface area contributed by atoms with Crippen molar-refractivity contribution >= 4 is 22.9 Å². The fourth-order valence-corrected chi connectivity index (χ4v) is 4.75. The molecule has 0 unspecified atom stereocenters. The van der Waals surface area contributed by atoms with Crippen LogP contribution in [0.5, 0.6) is 5.75 Å². The Balaban J connectivity index is 1.19. The highest BCUT2D eigenvalue weighted by atomic mass is 16.5. The highest BCUT2D eigenvalue weighted by Gasteiger charge is 2.20. The summed E-state index contributed by atoms with van der Waals surface area (Å²) < 4.78 is 7.69. The summed E-state index contributed by atoms with van der Waals surface area (Å²) in [7, 11) is 0. The molecule has 0 bridgehead atoms. The van der Waals surface area contributed by atoms with Gasteiger partial charge >= 0.3 is 0 Å². The lowest BCUT2D eigenvalue weighted by Gasteiger charge is -2.34. The number of para-hydroxylation sites is 1. The minimum Gasteiger partial charge on any atom is -0.493 e. The van der Waals surface area contributed by atoms with E-state index in [0.717, 1.165) is 68.0 Å². The van der Waals surface area contributed by atoms with E-state index in [4.69, 9.17) is 10.00 Å². The Morgan fingerprint density at radius 1 is 1.12 bits per heavy atom. The topological polar surface area (TPSA) is 61.5 Å². The first kappa shape index (κ1) is 21.3. The van der Waals surface area contributed by atoms with Crippen molar-refractivity contribution in [3.05, 3.63) is 71.4 Å². The van der Waals surface area contributed by atoms with Crippen molar-refractivity contribution in [1.29, 1.82) is 5.26 Å². The third-order valence-electron chi connectivity index (χ3n) is 6.53. The van der Waals surface area contributed by atoms with Crippen molar-refractivity contribution < 1.29 is 9.53 Å². The fraction of sp³-hybridized carbons (Fsp3) is 0.333. The van der Waals surface area contributed by atoms with Gasteiger partial charge in [0.15, 0.2) is 0 Å². The molecule has 1 saturated heterocycles. The van der Waals surface area contributed by atoms with Gasteiger partial charge in [-0.1, -0.05) is 30.3 Å². The van der Waals surface area contributed by atoms with Gasteiger partial charge in [0.25, 0.3) is 0 Å². The number of hydrogen-bond acceptors (Lipinski definition) is 4. The van der Waals surface area contributed by atoms with Gasteiger partial charge in [-0.05, 0) is 29.3 Å². The van der Waals surface area contributed by atoms with Crippen LogP contribution in [0, 0.1) is 11.3 Å². The zero-order valence-corrected chi connectivity index (χ0v) is 18.7. The van der Waals surface area contributed by atoms with Crippen molar-refractivity contribution in [2.75, 3.05) is 32.8 Å². The predicted octanol–water partition coefficient (Wildman–Crippen LogP) is 3.85. The number of aromatic nitrogens is 1. The number of hydrogen-bond donors (Lipinski definition) is 0. The van der Waals surface area contributed by atoms with Gasteiger partial charge in [-0.15, -0.1) is 0 Å². The van der Waals surface area contributed by atoms with E-state index in [1.54, 1.807) is 6.08 Å². The standard InChI is InChI=1S/C27H28N4O2/c28-11-3-12-31-20-23(24-4-1-2-5-25(24)31)7-9-27(32)30-15-13-29(14-16-30)19-21-6-8-26-22(18-21)10-17-33-26/h1-2,4-9,18,20H,3,10,12-17,19H2. The van der Waals surface area contributed by atoms with E-state index in [-0.39, 0.29) is 5.91 Å². The number of carbonyl (C=O) groups is 1. The number of aryl methyl sites for hydroxylation is 1. The lowest BCUT2D eigenvalue weighted by molar-refractivity contribution is -0.127. The third kappa shape index (κ3) is 4.64. The van der Waals surface area contributed by atoms with Crippen LogP contribution < -0.4 is 4.74 Å². The first-order valence-electron chi connectivity index (χ1n) is 11.6. The van der Waals surface area contributed by atoms with Gasteiger partial charge in [-0.2, -0.15) is 5.26 Å². The molecule has 2 aliphatic heterocycles. The number of ether oxygens (including phenoxy) is 1. The Kier molecular flexibility index (Phi) is 6.14. The molecule has 168 valence electrons. The number of nitrogens with zero attached hydrogens (tertiary/aromatic N) is 4. The maximum absolute atomic E-state index is 12.8. The molecule has 0 atom stereocenters. The van der Waals surface area contributed by atoms with Gasteiger partial charge in [0.05, 0.1) is 19.1 Å². The van der Waals surface area contributed by atoms with E-state index < -0.39 is 0 Å². The molecular weight excluding hydrogens is 412 g/mol. The van der Waals surface area contributed by atoms with E-state index in [2.05, 4.69) is 45.9 Å². The molecule has 0 saturated carbocycles. The second-order valence-electron chi connectivity index (χ2n) is 8.68. The van der Waals surface area contributed by atoms with Crippen molar-refractivity contribution in [3.8, 4) is 11.8 Å². The zero-order chi connectivity index (χ0) is 22.6. The lowest BCUT2D eigenvalue weighted by Crippen LogP contribution is -2.47. The molecule has 1 fully saturated rings. The Labute approximate surface area is 194 Å². The van der Waals surface area contributed by atoms with Crippen LogP contribution in [0.4, 0.5) is 0 Å². The van der Waals surface area contributed by atoms with Gasteiger partial charge in [-0.25, -0.2) is 0 Å². The summed E-state index contributed by atoms with van der Waals surface area (Å²) in [5.74, 6) is 1.08. The number of benzene rings is 2. The number of carbonyl (C=O) groups excluding carboxylic acids is 1. The second kappa shape index (κ2) is 9.51. The van der Waals surface area contributed by atoms with Crippen LogP contribution in [-0.2, 0) is 24.3 Å². The molecular formula is C27H28N4O2. The molecule has 0 aliphatic carbocycles. The van der Waals surface area contributed by atoms with E-state index in [1.807, 2.05) is 29.3 Å². The molecule has 1 amide bonds. The van der Waals surface area contributed by atoms with Crippen LogP contribution in [0.15, 0.2) is 54.7 Å². The minimum atomic E-state index is 0.0539. The normalized spacial score (nSPS) is 16.2. The van der Waals surface area contributed by atoms with Gasteiger partial charge in [-0.3, -0.25) is 9.69 Å². The molecule has 33 heavy (non-hydrogen) atoms. The molecule has 5 rings (SSSR count). The van der Waals surface area contributed by atoms with Crippen LogP contribution in [-0.4, -0.2) is 53.1 Å². The van der Waals surface area contributed by atoms with Crippen LogP contribution in [0.3, 0.4) is 0 Å². The summed E-state index contributed by atoms with van der Waals surface area (Å²) >= 11 is 0. The molecule has 0 radical (unpaired) electrons. The SMILES string of the molecule is N#CCCn1cc(C=CC(=O)N2CCN(Cc3ccc4c(c3)CCO4)CC2)c2ccccc21. The zero-order valence-electron chi connectivity index (χ0n) is 18.7. The molecule has 3 aromatic rings. The van der Waals surface area contributed by atoms with Crippen LogP contribution >= 0.6 is 0 Å². The third-order valence-corrected chi connectivity index (χ3v) is 6.53. The summed E-state index contributed by atoms with van der Waals surface area (Å²) in [6.07, 6.45) is 7.09. The monoisotopic (exact) mass is 440 g/mol. The summed E-state index contributed by atoms with van der Waals surface area (Å²) in [6.45, 7) is 5.57. The largest absolute Gasteiger partial charge is 0.493 e. The van der Waals surface area contributed by atoms with E-state index in [1.165, 1.54) is 11.1 Å². The first-order valence-corrected chi connectivity index (χ1v) is 11.6. The quantitative estimate of drug-likeness (QED) is 0.547. The van der Waals surface area contributed by atoms with Crippen molar-refractivity contribution in [1.82, 2.24) is 14.4 Å². The maximum Gasteiger partial charge on any atom is 0.246 e. The average Bonchev–Trinajstić information content (AvgIpc) is 3.46. The van der Waals surface area contributed by atoms with Crippen LogP contribution in [0.25, 0.3) is 17.0 Å². The maximum atomic E-state index is 12.8. The van der Waals surface area contributed by atoms with E-state index in [0.29, 0.717) is 13.0 Å². The number of amides is 1. The second-order valence-corrected chi connectivity index (χ2v) is 8.68. The molecule has 6 nitrogen and oxygen atoms in total. The Hall–Kier alpha value is -3.56. The smallest absolute Gasteiger partial charge is 0.246 e. The van der Waals surface area contributed by atoms with Gasteiger partial charge in [0.1, 0.15) is 5.75 Å². The molecule has 0 spiro atoms. The van der Waals surface area contributed by atoms with Crippen molar-refractivity contribution in [3.63, 3.8) is 0 Å². The Morgan fingerprint density at radius 2 is 1.97 bits per heavy atom. The molecule has 6 heteroatoms. The van der Waals surface area contributed by atoms with Crippen molar-refractivity contribution in [2.45, 2.75) is 25.9 Å². The average molecular weight is 441 g/mol. The molecule has 1 aromatic heterocycles. The highest BCUT2D eigenvalue weighted by molar-refractivity contribution is 5.96. The summed E-state index contributed by atoms with van der Waals surface area (Å²) in [5.41, 5.74) is 4.72. The summed E-state index contributed by atoms with van der Waals surface area (Å²) in [4.78, 5) is 17.2. The molecule has 2 aromatic carbocycles. The van der Waals surface area contributed by atoms with Crippen LogP contribution in [0.1, 0.15) is 23.1 Å².